The molecule has 0 saturated heterocycles. The molecule has 0 aliphatic rings. The van der Waals surface area contributed by atoms with Gasteiger partial charge in [-0.1, -0.05) is 30.3 Å². The maximum absolute atomic E-state index is 11.7. The van der Waals surface area contributed by atoms with Gasteiger partial charge in [0, 0.05) is 6.08 Å². The highest BCUT2D eigenvalue weighted by molar-refractivity contribution is 5.88. The van der Waals surface area contributed by atoms with Gasteiger partial charge < -0.3 is 4.74 Å². The van der Waals surface area contributed by atoms with Gasteiger partial charge in [-0.15, -0.1) is 0 Å². The summed E-state index contributed by atoms with van der Waals surface area (Å²) < 4.78 is 4.96. The number of nitrogens with zero attached hydrogens (tertiary/aromatic N) is 1. The van der Waals surface area contributed by atoms with E-state index < -0.39 is 5.92 Å². The van der Waals surface area contributed by atoms with E-state index in [1.807, 2.05) is 36.4 Å². The summed E-state index contributed by atoms with van der Waals surface area (Å²) in [6, 6.07) is 11.4. The summed E-state index contributed by atoms with van der Waals surface area (Å²) in [6.45, 7) is 3.85. The molecule has 0 bridgehead atoms. The van der Waals surface area contributed by atoms with Crippen LogP contribution in [0.15, 0.2) is 36.4 Å². The van der Waals surface area contributed by atoms with Gasteiger partial charge in [0.1, 0.15) is 0 Å². The second-order valence-electron chi connectivity index (χ2n) is 3.57. The van der Waals surface area contributed by atoms with E-state index in [0.29, 0.717) is 12.2 Å². The molecule has 17 heavy (non-hydrogen) atoms. The average Bonchev–Trinajstić information content (AvgIpc) is 2.36. The largest absolute Gasteiger partial charge is 0.466 e. The predicted molar refractivity (Wildman–Crippen MR) is 65.8 cm³/mol. The Morgan fingerprint density at radius 1 is 1.47 bits per heavy atom. The zero-order chi connectivity index (χ0) is 12.7. The molecule has 0 aromatic heterocycles. The number of ether oxygens (including phenoxy) is 1. The number of hydrogen-bond donors (Lipinski definition) is 0. The molecule has 3 heteroatoms. The number of nitriles is 1. The molecule has 1 unspecified atom stereocenters. The molecule has 1 rings (SSSR count). The highest BCUT2D eigenvalue weighted by atomic mass is 16.5. The summed E-state index contributed by atoms with van der Waals surface area (Å²) in [5, 5.41) is 8.78. The van der Waals surface area contributed by atoms with Crippen molar-refractivity contribution >= 4 is 11.5 Å². The number of rotatable bonds is 4. The van der Waals surface area contributed by atoms with Gasteiger partial charge in [0.15, 0.2) is 0 Å². The van der Waals surface area contributed by atoms with Gasteiger partial charge in [0.25, 0.3) is 0 Å². The predicted octanol–water partition coefficient (Wildman–Crippen LogP) is 2.79. The fourth-order valence-electron chi connectivity index (χ4n) is 1.55. The zero-order valence-corrected chi connectivity index (χ0v) is 10.0. The Morgan fingerprint density at radius 3 is 2.65 bits per heavy atom. The van der Waals surface area contributed by atoms with E-state index in [4.69, 9.17) is 10.00 Å². The van der Waals surface area contributed by atoms with Crippen LogP contribution in [0.2, 0.25) is 0 Å². The first kappa shape index (κ1) is 13.0. The Labute approximate surface area is 101 Å². The van der Waals surface area contributed by atoms with Crippen LogP contribution in [0.4, 0.5) is 0 Å². The Bertz CT molecular complexity index is 443. The van der Waals surface area contributed by atoms with Crippen LogP contribution in [-0.4, -0.2) is 12.6 Å². The molecular formula is C14H15NO2. The van der Waals surface area contributed by atoms with Crippen molar-refractivity contribution in [1.29, 1.82) is 5.26 Å². The van der Waals surface area contributed by atoms with Crippen LogP contribution in [0.1, 0.15) is 19.4 Å². The third kappa shape index (κ3) is 3.46. The van der Waals surface area contributed by atoms with Crippen molar-refractivity contribution in [2.75, 3.05) is 6.61 Å². The molecule has 1 atom stereocenters. The first-order chi connectivity index (χ1) is 8.20. The lowest BCUT2D eigenvalue weighted by Crippen LogP contribution is -2.16. The number of allylic oxidation sites excluding steroid dienone is 1. The van der Waals surface area contributed by atoms with E-state index in [-0.39, 0.29) is 5.97 Å². The van der Waals surface area contributed by atoms with E-state index in [9.17, 15) is 4.79 Å². The van der Waals surface area contributed by atoms with Crippen LogP contribution < -0.4 is 0 Å². The molecule has 0 fully saturated rings. The Balaban J connectivity index is 3.00. The summed E-state index contributed by atoms with van der Waals surface area (Å²) in [7, 11) is 0. The monoisotopic (exact) mass is 229 g/mol. The molecule has 0 aliphatic heterocycles. The average molecular weight is 229 g/mol. The molecule has 88 valence electrons. The van der Waals surface area contributed by atoms with Gasteiger partial charge in [0.05, 0.1) is 18.6 Å². The Morgan fingerprint density at radius 2 is 2.12 bits per heavy atom. The van der Waals surface area contributed by atoms with Gasteiger partial charge in [-0.2, -0.15) is 5.26 Å². The minimum absolute atomic E-state index is 0.308. The smallest absolute Gasteiger partial charge is 0.313 e. The molecule has 0 N–H and O–H groups in total. The van der Waals surface area contributed by atoms with E-state index >= 15 is 0 Å². The molecule has 0 radical (unpaired) electrons. The summed E-state index contributed by atoms with van der Waals surface area (Å²) in [4.78, 5) is 11.7. The van der Waals surface area contributed by atoms with Crippen molar-refractivity contribution in [2.45, 2.75) is 13.8 Å². The number of carbonyl (C=O) groups is 1. The van der Waals surface area contributed by atoms with Gasteiger partial charge in [-0.05, 0) is 25.0 Å². The van der Waals surface area contributed by atoms with Crippen LogP contribution in [0.5, 0.6) is 0 Å². The molecule has 1 aromatic carbocycles. The normalized spacial score (nSPS) is 12.6. The highest BCUT2D eigenvalue weighted by Crippen LogP contribution is 2.24. The van der Waals surface area contributed by atoms with Gasteiger partial charge in [-0.3, -0.25) is 4.79 Å². The first-order valence-electron chi connectivity index (χ1n) is 5.52. The Hall–Kier alpha value is -2.08. The molecule has 0 amide bonds. The molecule has 0 aliphatic carbocycles. The fraction of sp³-hybridized carbons (Fsp3) is 0.286. The molecule has 0 saturated carbocycles. The maximum Gasteiger partial charge on any atom is 0.313 e. The maximum atomic E-state index is 11.7. The standard InChI is InChI=1S/C14H15NO2/c1-3-17-14(16)11(2)13(9-10-15)12-7-5-4-6-8-12/h4-9,11H,3H2,1-2H3. The van der Waals surface area contributed by atoms with E-state index in [1.165, 1.54) is 6.08 Å². The topological polar surface area (TPSA) is 50.1 Å². The second-order valence-corrected chi connectivity index (χ2v) is 3.57. The number of esters is 1. The minimum Gasteiger partial charge on any atom is -0.466 e. The summed E-state index contributed by atoms with van der Waals surface area (Å²) in [6.07, 6.45) is 1.40. The lowest BCUT2D eigenvalue weighted by Gasteiger charge is -2.14. The van der Waals surface area contributed by atoms with E-state index in [0.717, 1.165) is 5.56 Å². The summed E-state index contributed by atoms with van der Waals surface area (Å²) in [5.41, 5.74) is 1.56. The molecular weight excluding hydrogens is 214 g/mol. The number of carbonyl (C=O) groups excluding carboxylic acids is 1. The zero-order valence-electron chi connectivity index (χ0n) is 10.0. The second kappa shape index (κ2) is 6.49. The van der Waals surface area contributed by atoms with Crippen LogP contribution in [0.25, 0.3) is 5.57 Å². The van der Waals surface area contributed by atoms with Crippen LogP contribution in [0.3, 0.4) is 0 Å². The van der Waals surface area contributed by atoms with Crippen molar-refractivity contribution < 1.29 is 9.53 Å². The summed E-state index contributed by atoms with van der Waals surface area (Å²) >= 11 is 0. The van der Waals surface area contributed by atoms with Gasteiger partial charge in [0.2, 0.25) is 0 Å². The van der Waals surface area contributed by atoms with Crippen LogP contribution in [0, 0.1) is 17.2 Å². The molecule has 0 heterocycles. The number of hydrogen-bond acceptors (Lipinski definition) is 3. The first-order valence-corrected chi connectivity index (χ1v) is 5.52. The number of benzene rings is 1. The van der Waals surface area contributed by atoms with Crippen molar-refractivity contribution in [1.82, 2.24) is 0 Å². The molecule has 3 nitrogen and oxygen atoms in total. The van der Waals surface area contributed by atoms with E-state index in [1.54, 1.807) is 13.8 Å². The van der Waals surface area contributed by atoms with Gasteiger partial charge >= 0.3 is 5.97 Å². The molecule has 0 spiro atoms. The lowest BCUT2D eigenvalue weighted by molar-refractivity contribution is -0.145. The highest BCUT2D eigenvalue weighted by Gasteiger charge is 2.20. The van der Waals surface area contributed by atoms with Crippen molar-refractivity contribution in [3.63, 3.8) is 0 Å². The SMILES string of the molecule is CCOC(=O)C(C)C(=CC#N)c1ccccc1. The van der Waals surface area contributed by atoms with Crippen molar-refractivity contribution in [3.05, 3.63) is 42.0 Å². The van der Waals surface area contributed by atoms with Crippen LogP contribution >= 0.6 is 0 Å². The third-order valence-electron chi connectivity index (χ3n) is 2.43. The third-order valence-corrected chi connectivity index (χ3v) is 2.43. The summed E-state index contributed by atoms with van der Waals surface area (Å²) in [5.74, 6) is -0.741. The minimum atomic E-state index is -0.433. The Kier molecular flexibility index (Phi) is 4.96. The molecule has 1 aromatic rings. The van der Waals surface area contributed by atoms with Crippen molar-refractivity contribution in [3.8, 4) is 6.07 Å². The van der Waals surface area contributed by atoms with Crippen LogP contribution in [-0.2, 0) is 9.53 Å². The van der Waals surface area contributed by atoms with E-state index in [2.05, 4.69) is 0 Å². The van der Waals surface area contributed by atoms with Crippen molar-refractivity contribution in [2.24, 2.45) is 5.92 Å². The lowest BCUT2D eigenvalue weighted by atomic mass is 9.94. The fourth-order valence-corrected chi connectivity index (χ4v) is 1.55. The quantitative estimate of drug-likeness (QED) is 0.589. The van der Waals surface area contributed by atoms with Gasteiger partial charge in [-0.25, -0.2) is 0 Å².